The highest BCUT2D eigenvalue weighted by Crippen LogP contribution is 2.51. The summed E-state index contributed by atoms with van der Waals surface area (Å²) in [5.74, 6) is -0.381. The van der Waals surface area contributed by atoms with E-state index in [0.29, 0.717) is 0 Å². The van der Waals surface area contributed by atoms with Gasteiger partial charge in [0.2, 0.25) is 0 Å². The summed E-state index contributed by atoms with van der Waals surface area (Å²) < 4.78 is 0. The Hall–Kier alpha value is -0.620. The SMILES string of the molecule is C=CC1C2C(N)C(N)C(N)C(N)C2C(N)C2C(N)C(N)C(N)C(N)C12. The molecule has 0 heterocycles. The standard InChI is InChI=1S/C16H35N9/c1-2-3-4-6(11(20)15(24)13(22)9(4)18)8(17)7-5(3)10(19)14(23)16(25)12(7)21/h2-16H,1,17-25H2. The molecule has 0 spiro atoms. The lowest BCUT2D eigenvalue weighted by atomic mass is 9.47. The Labute approximate surface area is 149 Å². The first-order valence-electron chi connectivity index (χ1n) is 9.07. The lowest BCUT2D eigenvalue weighted by Crippen LogP contribution is -2.81. The van der Waals surface area contributed by atoms with Gasteiger partial charge >= 0.3 is 0 Å². The minimum atomic E-state index is -0.422. The van der Waals surface area contributed by atoms with Crippen LogP contribution in [0.3, 0.4) is 0 Å². The van der Waals surface area contributed by atoms with E-state index in [0.717, 1.165) is 0 Å². The predicted molar refractivity (Wildman–Crippen MR) is 99.4 cm³/mol. The van der Waals surface area contributed by atoms with Gasteiger partial charge < -0.3 is 51.6 Å². The fourth-order valence-corrected chi connectivity index (χ4v) is 5.96. The van der Waals surface area contributed by atoms with Crippen molar-refractivity contribution in [1.29, 1.82) is 0 Å². The van der Waals surface area contributed by atoms with Gasteiger partial charge in [0.15, 0.2) is 0 Å². The Morgan fingerprint density at radius 3 is 0.960 bits per heavy atom. The van der Waals surface area contributed by atoms with Crippen LogP contribution in [-0.4, -0.2) is 54.4 Å². The third kappa shape index (κ3) is 2.50. The summed E-state index contributed by atoms with van der Waals surface area (Å²) >= 11 is 0. The van der Waals surface area contributed by atoms with E-state index in [1.807, 2.05) is 6.08 Å². The minimum Gasteiger partial charge on any atom is -0.327 e. The molecule has 3 aliphatic carbocycles. The van der Waals surface area contributed by atoms with Crippen LogP contribution in [0.25, 0.3) is 0 Å². The fraction of sp³-hybridized carbons (Fsp3) is 0.875. The zero-order valence-corrected chi connectivity index (χ0v) is 14.6. The monoisotopic (exact) mass is 353 g/mol. The van der Waals surface area contributed by atoms with Gasteiger partial charge in [0.05, 0.1) is 0 Å². The molecule has 9 heteroatoms. The summed E-state index contributed by atoms with van der Waals surface area (Å²) in [7, 11) is 0. The molecule has 18 N–H and O–H groups in total. The zero-order chi connectivity index (χ0) is 18.8. The first-order chi connectivity index (χ1) is 11.6. The van der Waals surface area contributed by atoms with Crippen LogP contribution in [0.4, 0.5) is 0 Å². The Bertz CT molecular complexity index is 476. The molecule has 25 heavy (non-hydrogen) atoms. The van der Waals surface area contributed by atoms with E-state index in [9.17, 15) is 0 Å². The largest absolute Gasteiger partial charge is 0.327 e. The van der Waals surface area contributed by atoms with Crippen molar-refractivity contribution < 1.29 is 0 Å². The first-order valence-corrected chi connectivity index (χ1v) is 9.07. The number of hydrogen-bond donors (Lipinski definition) is 9. The number of rotatable bonds is 1. The van der Waals surface area contributed by atoms with Gasteiger partial charge in [-0.25, -0.2) is 0 Å². The molecule has 0 aromatic rings. The Morgan fingerprint density at radius 1 is 0.400 bits per heavy atom. The summed E-state index contributed by atoms with van der Waals surface area (Å²) in [6.45, 7) is 4.02. The van der Waals surface area contributed by atoms with E-state index in [4.69, 9.17) is 51.6 Å². The van der Waals surface area contributed by atoms with Crippen molar-refractivity contribution in [3.8, 4) is 0 Å². The summed E-state index contributed by atoms with van der Waals surface area (Å²) in [6, 6.07) is -3.40. The molecule has 0 bridgehead atoms. The van der Waals surface area contributed by atoms with Gasteiger partial charge in [-0.1, -0.05) is 6.08 Å². The zero-order valence-electron chi connectivity index (χ0n) is 14.6. The Morgan fingerprint density at radius 2 is 0.680 bits per heavy atom. The molecule has 0 aromatic heterocycles. The molecule has 12 unspecified atom stereocenters. The smallest absolute Gasteiger partial charge is 0.0365 e. The van der Waals surface area contributed by atoms with Crippen molar-refractivity contribution in [2.75, 3.05) is 0 Å². The van der Waals surface area contributed by atoms with Gasteiger partial charge in [-0.2, -0.15) is 0 Å². The van der Waals surface area contributed by atoms with Crippen molar-refractivity contribution in [3.05, 3.63) is 12.7 Å². The van der Waals surface area contributed by atoms with E-state index in [1.54, 1.807) is 0 Å². The second kappa shape index (κ2) is 6.52. The molecule has 0 amide bonds. The maximum absolute atomic E-state index is 6.68. The van der Waals surface area contributed by atoms with Gasteiger partial charge in [-0.15, -0.1) is 6.58 Å². The van der Waals surface area contributed by atoms with Crippen LogP contribution >= 0.6 is 0 Å². The van der Waals surface area contributed by atoms with E-state index >= 15 is 0 Å². The third-order valence-corrected chi connectivity index (χ3v) is 7.38. The van der Waals surface area contributed by atoms with Gasteiger partial charge in [0.1, 0.15) is 0 Å². The van der Waals surface area contributed by atoms with Gasteiger partial charge in [-0.3, -0.25) is 0 Å². The number of allylic oxidation sites excluding steroid dienone is 1. The molecule has 3 fully saturated rings. The van der Waals surface area contributed by atoms with Gasteiger partial charge in [-0.05, 0) is 29.6 Å². The molecular weight excluding hydrogens is 318 g/mol. The van der Waals surface area contributed by atoms with Crippen LogP contribution in [0.5, 0.6) is 0 Å². The molecule has 9 nitrogen and oxygen atoms in total. The highest BCUT2D eigenvalue weighted by atomic mass is 15.0. The lowest BCUT2D eigenvalue weighted by Gasteiger charge is -2.63. The molecule has 0 radical (unpaired) electrons. The van der Waals surface area contributed by atoms with Crippen molar-refractivity contribution >= 4 is 0 Å². The minimum absolute atomic E-state index is 0.0333. The maximum atomic E-state index is 6.68. The molecule has 0 saturated heterocycles. The van der Waals surface area contributed by atoms with E-state index in [-0.39, 0.29) is 59.8 Å². The van der Waals surface area contributed by atoms with Crippen LogP contribution in [-0.2, 0) is 0 Å². The van der Waals surface area contributed by atoms with Gasteiger partial charge in [0.25, 0.3) is 0 Å². The summed E-state index contributed by atoms with van der Waals surface area (Å²) in [4.78, 5) is 0. The number of hydrogen-bond acceptors (Lipinski definition) is 9. The quantitative estimate of drug-likeness (QED) is 0.205. The fourth-order valence-electron chi connectivity index (χ4n) is 5.96. The van der Waals surface area contributed by atoms with Crippen molar-refractivity contribution in [2.24, 2.45) is 81.2 Å². The normalized spacial score (nSPS) is 62.0. The summed E-state index contributed by atoms with van der Waals surface area (Å²) in [5, 5.41) is 0. The molecule has 0 aromatic carbocycles. The molecule has 0 aliphatic heterocycles. The van der Waals surface area contributed by atoms with Crippen LogP contribution in [0.2, 0.25) is 0 Å². The molecule has 3 saturated carbocycles. The highest BCUT2D eigenvalue weighted by molar-refractivity contribution is 5.22. The molecule has 3 rings (SSSR count). The summed E-state index contributed by atoms with van der Waals surface area (Å²) in [5.41, 5.74) is 57.5. The summed E-state index contributed by atoms with van der Waals surface area (Å²) in [6.07, 6.45) is 1.88. The Balaban J connectivity index is 2.08. The van der Waals surface area contributed by atoms with E-state index < -0.39 is 24.2 Å². The van der Waals surface area contributed by atoms with Crippen molar-refractivity contribution in [1.82, 2.24) is 0 Å². The molecule has 144 valence electrons. The van der Waals surface area contributed by atoms with Crippen molar-refractivity contribution in [3.63, 3.8) is 0 Å². The average Bonchev–Trinajstić information content (AvgIpc) is 2.59. The van der Waals surface area contributed by atoms with Crippen LogP contribution in [0.15, 0.2) is 12.7 Å². The van der Waals surface area contributed by atoms with Crippen LogP contribution < -0.4 is 51.6 Å². The average molecular weight is 354 g/mol. The molecular formula is C16H35N9. The van der Waals surface area contributed by atoms with Crippen LogP contribution in [0.1, 0.15) is 0 Å². The molecule has 12 atom stereocenters. The number of fused-ring (bicyclic) bond motifs is 2. The second-order valence-corrected chi connectivity index (χ2v) is 8.32. The Kier molecular flexibility index (Phi) is 4.99. The van der Waals surface area contributed by atoms with E-state index in [2.05, 4.69) is 6.58 Å². The van der Waals surface area contributed by atoms with Crippen LogP contribution in [0, 0.1) is 29.6 Å². The van der Waals surface area contributed by atoms with E-state index in [1.165, 1.54) is 0 Å². The van der Waals surface area contributed by atoms with Gasteiger partial charge in [0, 0.05) is 54.4 Å². The lowest BCUT2D eigenvalue weighted by molar-refractivity contribution is -0.0587. The number of nitrogens with two attached hydrogens (primary N) is 9. The third-order valence-electron chi connectivity index (χ3n) is 7.38. The predicted octanol–water partition coefficient (Wildman–Crippen LogP) is -4.76. The highest BCUT2D eigenvalue weighted by Gasteiger charge is 2.61. The molecule has 3 aliphatic rings. The topological polar surface area (TPSA) is 234 Å². The first kappa shape index (κ1) is 19.2. The van der Waals surface area contributed by atoms with Crippen molar-refractivity contribution in [2.45, 2.75) is 54.4 Å². The maximum Gasteiger partial charge on any atom is 0.0365 e. The second-order valence-electron chi connectivity index (χ2n) is 8.32.